The highest BCUT2D eigenvalue weighted by molar-refractivity contribution is 5.43. The van der Waals surface area contributed by atoms with Gasteiger partial charge < -0.3 is 15.1 Å². The number of rotatable bonds is 6. The number of nitrogen functional groups attached to an aromatic ring is 1. The first-order valence-electron chi connectivity index (χ1n) is 7.59. The van der Waals surface area contributed by atoms with E-state index in [-0.39, 0.29) is 0 Å². The van der Waals surface area contributed by atoms with Gasteiger partial charge >= 0.3 is 0 Å². The van der Waals surface area contributed by atoms with E-state index in [0.717, 1.165) is 39.0 Å². The first-order chi connectivity index (χ1) is 10.2. The fourth-order valence-corrected chi connectivity index (χ4v) is 2.48. The maximum Gasteiger partial charge on any atom is 0.243 e. The summed E-state index contributed by atoms with van der Waals surface area (Å²) in [6.07, 6.45) is 2.18. The van der Waals surface area contributed by atoms with E-state index in [1.54, 1.807) is 0 Å². The zero-order chi connectivity index (χ0) is 15.2. The summed E-state index contributed by atoms with van der Waals surface area (Å²) in [5.41, 5.74) is 2.52. The van der Waals surface area contributed by atoms with Gasteiger partial charge in [-0.15, -0.1) is 0 Å². The second kappa shape index (κ2) is 7.37. The number of nitrogens with one attached hydrogen (secondary N) is 2. The summed E-state index contributed by atoms with van der Waals surface area (Å²) in [6.45, 7) is 8.03. The van der Waals surface area contributed by atoms with Crippen molar-refractivity contribution in [2.75, 3.05) is 48.9 Å². The molecule has 8 heteroatoms. The molecule has 1 aromatic rings. The van der Waals surface area contributed by atoms with Gasteiger partial charge in [-0.3, -0.25) is 5.43 Å². The Bertz CT molecular complexity index is 440. The molecule has 4 N–H and O–H groups in total. The highest BCUT2D eigenvalue weighted by atomic mass is 15.4. The van der Waals surface area contributed by atoms with Gasteiger partial charge in [-0.1, -0.05) is 0 Å². The van der Waals surface area contributed by atoms with Gasteiger partial charge in [0.05, 0.1) is 0 Å². The van der Waals surface area contributed by atoms with E-state index in [1.807, 2.05) is 0 Å². The Morgan fingerprint density at radius 1 is 1.14 bits per heavy atom. The molecule has 1 aromatic heterocycles. The molecule has 8 nitrogen and oxygen atoms in total. The van der Waals surface area contributed by atoms with Gasteiger partial charge in [0.15, 0.2) is 0 Å². The molecule has 0 aliphatic carbocycles. The molecule has 0 saturated carbocycles. The number of nitrogens with zero attached hydrogens (tertiary/aromatic N) is 5. The third-order valence-electron chi connectivity index (χ3n) is 3.85. The summed E-state index contributed by atoms with van der Waals surface area (Å²) in [5, 5.41) is 3.41. The van der Waals surface area contributed by atoms with Gasteiger partial charge in [0.25, 0.3) is 0 Å². The minimum Gasteiger partial charge on any atom is -0.351 e. The highest BCUT2D eigenvalue weighted by Crippen LogP contribution is 2.17. The van der Waals surface area contributed by atoms with Crippen molar-refractivity contribution < 1.29 is 0 Å². The molecular weight excluding hydrogens is 268 g/mol. The lowest BCUT2D eigenvalue weighted by molar-refractivity contribution is 0.263. The van der Waals surface area contributed by atoms with Crippen molar-refractivity contribution in [1.29, 1.82) is 0 Å². The first-order valence-corrected chi connectivity index (χ1v) is 7.59. The molecular formula is C13H26N8. The van der Waals surface area contributed by atoms with E-state index in [9.17, 15) is 0 Å². The average Bonchev–Trinajstić information content (AvgIpc) is 2.50. The molecule has 0 radical (unpaired) electrons. The molecule has 1 aliphatic heterocycles. The van der Waals surface area contributed by atoms with E-state index < -0.39 is 0 Å². The van der Waals surface area contributed by atoms with Crippen molar-refractivity contribution in [2.45, 2.75) is 32.7 Å². The van der Waals surface area contributed by atoms with Crippen LogP contribution in [0.25, 0.3) is 0 Å². The second-order valence-electron chi connectivity index (χ2n) is 5.32. The summed E-state index contributed by atoms with van der Waals surface area (Å²) in [4.78, 5) is 17.5. The summed E-state index contributed by atoms with van der Waals surface area (Å²) in [7, 11) is 2.15. The number of anilines is 3. The zero-order valence-corrected chi connectivity index (χ0v) is 13.1. The van der Waals surface area contributed by atoms with Crippen molar-refractivity contribution in [1.82, 2.24) is 19.9 Å². The van der Waals surface area contributed by atoms with Crippen LogP contribution in [-0.4, -0.2) is 59.1 Å². The maximum absolute atomic E-state index is 5.47. The Kier molecular flexibility index (Phi) is 5.51. The normalized spacial score (nSPS) is 16.8. The van der Waals surface area contributed by atoms with E-state index >= 15 is 0 Å². The standard InChI is InChI=1S/C13H26N8/c1-4-21(5-2)13-17-11(16-12(18-13)19-14)15-10-6-8-20(3)9-7-10/h10H,4-9,14H2,1-3H3,(H2,15,16,17,18,19). The van der Waals surface area contributed by atoms with E-state index in [2.05, 4.69) is 56.4 Å². The highest BCUT2D eigenvalue weighted by Gasteiger charge is 2.18. The Morgan fingerprint density at radius 2 is 1.76 bits per heavy atom. The Balaban J connectivity index is 2.12. The van der Waals surface area contributed by atoms with Crippen LogP contribution in [0.15, 0.2) is 0 Å². The smallest absolute Gasteiger partial charge is 0.243 e. The molecule has 0 amide bonds. The molecule has 21 heavy (non-hydrogen) atoms. The lowest BCUT2D eigenvalue weighted by Crippen LogP contribution is -2.37. The summed E-state index contributed by atoms with van der Waals surface area (Å²) < 4.78 is 0. The van der Waals surface area contributed by atoms with E-state index in [0.29, 0.717) is 23.9 Å². The average molecular weight is 294 g/mol. The lowest BCUT2D eigenvalue weighted by Gasteiger charge is -2.29. The molecule has 0 aromatic carbocycles. The quantitative estimate of drug-likeness (QED) is 0.516. The molecule has 1 fully saturated rings. The van der Waals surface area contributed by atoms with Crippen molar-refractivity contribution in [3.05, 3.63) is 0 Å². The van der Waals surface area contributed by atoms with Crippen LogP contribution < -0.4 is 21.5 Å². The van der Waals surface area contributed by atoms with Crippen molar-refractivity contribution >= 4 is 17.8 Å². The topological polar surface area (TPSA) is 95.2 Å². The molecule has 2 heterocycles. The van der Waals surface area contributed by atoms with Crippen molar-refractivity contribution in [3.8, 4) is 0 Å². The molecule has 0 bridgehead atoms. The van der Waals surface area contributed by atoms with Crippen LogP contribution in [-0.2, 0) is 0 Å². The van der Waals surface area contributed by atoms with Gasteiger partial charge in [-0.25, -0.2) is 5.84 Å². The molecule has 118 valence electrons. The van der Waals surface area contributed by atoms with Gasteiger partial charge in [-0.05, 0) is 46.8 Å². The Morgan fingerprint density at radius 3 is 2.33 bits per heavy atom. The van der Waals surface area contributed by atoms with Gasteiger partial charge in [0, 0.05) is 19.1 Å². The van der Waals surface area contributed by atoms with Crippen LogP contribution in [0.2, 0.25) is 0 Å². The van der Waals surface area contributed by atoms with Crippen LogP contribution in [0.5, 0.6) is 0 Å². The Labute approximate surface area is 126 Å². The number of hydrogen-bond donors (Lipinski definition) is 3. The fourth-order valence-electron chi connectivity index (χ4n) is 2.48. The molecule has 0 atom stereocenters. The Hall–Kier alpha value is -1.67. The third-order valence-corrected chi connectivity index (χ3v) is 3.85. The van der Waals surface area contributed by atoms with Crippen molar-refractivity contribution in [3.63, 3.8) is 0 Å². The lowest BCUT2D eigenvalue weighted by atomic mass is 10.1. The number of hydrazine groups is 1. The minimum atomic E-state index is 0.391. The minimum absolute atomic E-state index is 0.391. The first kappa shape index (κ1) is 15.7. The largest absolute Gasteiger partial charge is 0.351 e. The summed E-state index contributed by atoms with van der Waals surface area (Å²) in [6, 6.07) is 0.402. The third kappa shape index (κ3) is 4.15. The second-order valence-corrected chi connectivity index (χ2v) is 5.32. The molecule has 1 saturated heterocycles. The number of nitrogens with two attached hydrogens (primary N) is 1. The molecule has 1 aliphatic rings. The van der Waals surface area contributed by atoms with Crippen LogP contribution in [0.3, 0.4) is 0 Å². The maximum atomic E-state index is 5.47. The van der Waals surface area contributed by atoms with Crippen molar-refractivity contribution in [2.24, 2.45) is 5.84 Å². The van der Waals surface area contributed by atoms with Crippen LogP contribution in [0.4, 0.5) is 17.8 Å². The molecule has 0 unspecified atom stereocenters. The van der Waals surface area contributed by atoms with E-state index in [1.165, 1.54) is 0 Å². The fraction of sp³-hybridized carbons (Fsp3) is 0.769. The van der Waals surface area contributed by atoms with Gasteiger partial charge in [-0.2, -0.15) is 15.0 Å². The predicted molar refractivity (Wildman–Crippen MR) is 85.3 cm³/mol. The predicted octanol–water partition coefficient (Wildman–Crippen LogP) is 0.510. The van der Waals surface area contributed by atoms with Crippen LogP contribution in [0, 0.1) is 0 Å². The van der Waals surface area contributed by atoms with E-state index in [4.69, 9.17) is 5.84 Å². The summed E-state index contributed by atoms with van der Waals surface area (Å²) >= 11 is 0. The zero-order valence-electron chi connectivity index (χ0n) is 13.1. The SMILES string of the molecule is CCN(CC)c1nc(NN)nc(NC2CCN(C)CC2)n1. The monoisotopic (exact) mass is 294 g/mol. The number of piperidine rings is 1. The molecule has 0 spiro atoms. The van der Waals surface area contributed by atoms with Crippen LogP contribution >= 0.6 is 0 Å². The van der Waals surface area contributed by atoms with Crippen LogP contribution in [0.1, 0.15) is 26.7 Å². The van der Waals surface area contributed by atoms with Gasteiger partial charge in [0.1, 0.15) is 0 Å². The molecule has 2 rings (SSSR count). The summed E-state index contributed by atoms with van der Waals surface area (Å²) in [5.74, 6) is 7.10. The number of likely N-dealkylation sites (tertiary alicyclic amines) is 1. The van der Waals surface area contributed by atoms with Gasteiger partial charge in [0.2, 0.25) is 17.8 Å². The number of hydrogen-bond acceptors (Lipinski definition) is 8. The number of aromatic nitrogens is 3.